The molecule has 6 nitrogen and oxygen atoms in total. The van der Waals surface area contributed by atoms with E-state index in [1.165, 1.54) is 7.11 Å². The second-order valence-corrected chi connectivity index (χ2v) is 6.01. The fraction of sp³-hybridized carbons (Fsp3) is 0.385. The van der Waals surface area contributed by atoms with E-state index in [0.717, 1.165) is 22.5 Å². The number of halogens is 1. The van der Waals surface area contributed by atoms with Crippen LogP contribution in [0.4, 0.5) is 4.39 Å². The Hall–Kier alpha value is -1.98. The molecular formula is C13H15FN2O4S. The lowest BCUT2D eigenvalue weighted by atomic mass is 10.2. The molecule has 0 bridgehead atoms. The van der Waals surface area contributed by atoms with Gasteiger partial charge in [-0.25, -0.2) is 12.8 Å². The van der Waals surface area contributed by atoms with E-state index in [1.807, 2.05) is 0 Å². The van der Waals surface area contributed by atoms with Gasteiger partial charge in [0.2, 0.25) is 10.0 Å². The van der Waals surface area contributed by atoms with Gasteiger partial charge in [-0.15, -0.1) is 0 Å². The quantitative estimate of drug-likeness (QED) is 0.738. The van der Waals surface area contributed by atoms with Crippen LogP contribution in [0.5, 0.6) is 0 Å². The minimum atomic E-state index is -3.90. The third-order valence-corrected chi connectivity index (χ3v) is 4.81. The Bertz CT molecular complexity index is 667. The standard InChI is InChI=1S/C13H15FN2O4S/c1-3-16(7-6-13(17)20-2)21(18,19)11-4-5-12(14)10(8-11)9-15/h4-5,8H,3,6-7H2,1-2H3. The number of rotatable bonds is 6. The molecule has 0 saturated carbocycles. The summed E-state index contributed by atoms with van der Waals surface area (Å²) in [6, 6.07) is 4.59. The summed E-state index contributed by atoms with van der Waals surface area (Å²) >= 11 is 0. The first kappa shape index (κ1) is 17.1. The van der Waals surface area contributed by atoms with Crippen LogP contribution in [-0.2, 0) is 19.6 Å². The Morgan fingerprint density at radius 1 is 1.48 bits per heavy atom. The summed E-state index contributed by atoms with van der Waals surface area (Å²) in [5.74, 6) is -1.31. The molecule has 21 heavy (non-hydrogen) atoms. The van der Waals surface area contributed by atoms with Crippen LogP contribution in [-0.4, -0.2) is 38.9 Å². The van der Waals surface area contributed by atoms with Crippen LogP contribution >= 0.6 is 0 Å². The van der Waals surface area contributed by atoms with Crippen molar-refractivity contribution in [2.45, 2.75) is 18.2 Å². The van der Waals surface area contributed by atoms with E-state index in [2.05, 4.69) is 4.74 Å². The maximum absolute atomic E-state index is 13.2. The molecule has 0 unspecified atom stereocenters. The Kier molecular flexibility index (Phi) is 5.81. The average molecular weight is 314 g/mol. The van der Waals surface area contributed by atoms with Crippen molar-refractivity contribution in [3.05, 3.63) is 29.6 Å². The molecule has 0 aromatic heterocycles. The van der Waals surface area contributed by atoms with Gasteiger partial charge < -0.3 is 4.74 Å². The molecule has 0 atom stereocenters. The van der Waals surface area contributed by atoms with Crippen molar-refractivity contribution in [3.63, 3.8) is 0 Å². The van der Waals surface area contributed by atoms with Crippen LogP contribution < -0.4 is 0 Å². The zero-order valence-corrected chi connectivity index (χ0v) is 12.5. The molecule has 0 heterocycles. The Balaban J connectivity index is 3.07. The normalized spacial score (nSPS) is 11.2. The number of benzene rings is 1. The lowest BCUT2D eigenvalue weighted by molar-refractivity contribution is -0.140. The second kappa shape index (κ2) is 7.15. The maximum Gasteiger partial charge on any atom is 0.306 e. The highest BCUT2D eigenvalue weighted by molar-refractivity contribution is 7.89. The third kappa shape index (κ3) is 4.00. The minimum absolute atomic E-state index is 0.0508. The van der Waals surface area contributed by atoms with E-state index in [1.54, 1.807) is 13.0 Å². The van der Waals surface area contributed by atoms with Crippen LogP contribution in [0.25, 0.3) is 0 Å². The molecule has 0 aliphatic heterocycles. The van der Waals surface area contributed by atoms with E-state index in [4.69, 9.17) is 5.26 Å². The fourth-order valence-corrected chi connectivity index (χ4v) is 3.14. The first-order chi connectivity index (χ1) is 9.86. The monoisotopic (exact) mass is 314 g/mol. The van der Waals surface area contributed by atoms with Crippen molar-refractivity contribution in [1.29, 1.82) is 5.26 Å². The molecule has 0 aliphatic carbocycles. The summed E-state index contributed by atoms with van der Waals surface area (Å²) < 4.78 is 43.6. The van der Waals surface area contributed by atoms with Crippen molar-refractivity contribution >= 4 is 16.0 Å². The summed E-state index contributed by atoms with van der Waals surface area (Å²) in [5.41, 5.74) is -0.347. The van der Waals surface area contributed by atoms with Crippen LogP contribution in [0.1, 0.15) is 18.9 Å². The molecule has 8 heteroatoms. The van der Waals surface area contributed by atoms with Gasteiger partial charge >= 0.3 is 5.97 Å². The molecule has 0 spiro atoms. The number of hydrogen-bond donors (Lipinski definition) is 0. The molecule has 0 aliphatic rings. The highest BCUT2D eigenvalue weighted by Crippen LogP contribution is 2.19. The number of sulfonamides is 1. The number of esters is 1. The molecule has 0 fully saturated rings. The van der Waals surface area contributed by atoms with Crippen molar-refractivity contribution in [2.75, 3.05) is 20.2 Å². The fourth-order valence-electron chi connectivity index (χ4n) is 1.67. The van der Waals surface area contributed by atoms with Gasteiger partial charge in [-0.1, -0.05) is 6.92 Å². The van der Waals surface area contributed by atoms with Gasteiger partial charge in [0.1, 0.15) is 11.9 Å². The van der Waals surface area contributed by atoms with Crippen molar-refractivity contribution in [3.8, 4) is 6.07 Å². The van der Waals surface area contributed by atoms with Crippen molar-refractivity contribution in [1.82, 2.24) is 4.31 Å². The molecule has 0 saturated heterocycles. The van der Waals surface area contributed by atoms with E-state index in [0.29, 0.717) is 0 Å². The number of carbonyl (C=O) groups is 1. The van der Waals surface area contributed by atoms with Crippen LogP contribution in [0.15, 0.2) is 23.1 Å². The second-order valence-electron chi connectivity index (χ2n) is 4.08. The van der Waals surface area contributed by atoms with Gasteiger partial charge in [-0.3, -0.25) is 4.79 Å². The topological polar surface area (TPSA) is 87.5 Å². The van der Waals surface area contributed by atoms with E-state index in [-0.39, 0.29) is 30.0 Å². The van der Waals surface area contributed by atoms with Crippen molar-refractivity contribution < 1.29 is 22.3 Å². The number of ether oxygens (including phenoxy) is 1. The van der Waals surface area contributed by atoms with Gasteiger partial charge in [-0.2, -0.15) is 9.57 Å². The summed E-state index contributed by atoms with van der Waals surface area (Å²) in [7, 11) is -2.68. The third-order valence-electron chi connectivity index (χ3n) is 2.84. The highest BCUT2D eigenvalue weighted by Gasteiger charge is 2.24. The minimum Gasteiger partial charge on any atom is -0.469 e. The smallest absolute Gasteiger partial charge is 0.306 e. The van der Waals surface area contributed by atoms with Gasteiger partial charge in [0.05, 0.1) is 24.0 Å². The predicted octanol–water partition coefficient (Wildman–Crippen LogP) is 1.27. The average Bonchev–Trinajstić information content (AvgIpc) is 2.47. The first-order valence-electron chi connectivity index (χ1n) is 6.13. The number of hydrogen-bond acceptors (Lipinski definition) is 5. The van der Waals surface area contributed by atoms with E-state index >= 15 is 0 Å². The van der Waals surface area contributed by atoms with E-state index in [9.17, 15) is 17.6 Å². The first-order valence-corrected chi connectivity index (χ1v) is 7.57. The largest absolute Gasteiger partial charge is 0.469 e. The molecule has 0 radical (unpaired) electrons. The summed E-state index contributed by atoms with van der Waals surface area (Å²) in [6.45, 7) is 1.70. The molecule has 0 amide bonds. The number of carbonyl (C=O) groups excluding carboxylic acids is 1. The molecule has 1 aromatic rings. The molecule has 1 aromatic carbocycles. The Morgan fingerprint density at radius 3 is 2.67 bits per heavy atom. The molecule has 0 N–H and O–H groups in total. The van der Waals surface area contributed by atoms with Gasteiger partial charge in [0.25, 0.3) is 0 Å². The van der Waals surface area contributed by atoms with Crippen molar-refractivity contribution in [2.24, 2.45) is 0 Å². The Labute approximate surface area is 122 Å². The summed E-state index contributed by atoms with van der Waals surface area (Å²) in [6.07, 6.45) is -0.0874. The highest BCUT2D eigenvalue weighted by atomic mass is 32.2. The molecule has 1 rings (SSSR count). The van der Waals surface area contributed by atoms with Gasteiger partial charge in [-0.05, 0) is 18.2 Å². The van der Waals surface area contributed by atoms with Crippen LogP contribution in [0.2, 0.25) is 0 Å². The number of nitriles is 1. The SMILES string of the molecule is CCN(CCC(=O)OC)S(=O)(=O)c1ccc(F)c(C#N)c1. The van der Waals surface area contributed by atoms with Crippen LogP contribution in [0, 0.1) is 17.1 Å². The molecule has 114 valence electrons. The zero-order chi connectivity index (χ0) is 16.0. The Morgan fingerprint density at radius 2 is 2.14 bits per heavy atom. The zero-order valence-electron chi connectivity index (χ0n) is 11.7. The van der Waals surface area contributed by atoms with Gasteiger partial charge in [0, 0.05) is 13.1 Å². The summed E-state index contributed by atoms with van der Waals surface area (Å²) in [4.78, 5) is 10.9. The lowest BCUT2D eigenvalue weighted by Gasteiger charge is -2.20. The maximum atomic E-state index is 13.2. The predicted molar refractivity (Wildman–Crippen MR) is 72.2 cm³/mol. The number of methoxy groups -OCH3 is 1. The van der Waals surface area contributed by atoms with Crippen LogP contribution in [0.3, 0.4) is 0 Å². The number of nitrogens with zero attached hydrogens (tertiary/aromatic N) is 2. The van der Waals surface area contributed by atoms with E-state index < -0.39 is 21.8 Å². The molecular weight excluding hydrogens is 299 g/mol. The van der Waals surface area contributed by atoms with Gasteiger partial charge in [0.15, 0.2) is 0 Å². The summed E-state index contributed by atoms with van der Waals surface area (Å²) in [5, 5.41) is 8.75. The lowest BCUT2D eigenvalue weighted by Crippen LogP contribution is -2.33.